The van der Waals surface area contributed by atoms with Crippen molar-refractivity contribution in [2.24, 2.45) is 0 Å². The zero-order chi connectivity index (χ0) is 16.6. The Morgan fingerprint density at radius 1 is 1.00 bits per heavy atom. The highest BCUT2D eigenvalue weighted by Crippen LogP contribution is 2.29. The molecule has 0 aliphatic carbocycles. The molecule has 0 aliphatic heterocycles. The lowest BCUT2D eigenvalue weighted by Gasteiger charge is -2.14. The standard InChI is InChI=1S/C18H17NO4/c1-11-7-12(2)9-13(8-11)10-23-19-15-6-4-3-5-14(15)16(20)17(21)18(19)22/h3-9,20-21H,10H2,1-2H3. The molecular formula is C18H17NO4. The molecule has 2 aromatic carbocycles. The van der Waals surface area contributed by atoms with Crippen LogP contribution in [-0.2, 0) is 6.61 Å². The second-order valence-corrected chi connectivity index (χ2v) is 5.58. The lowest BCUT2D eigenvalue weighted by Crippen LogP contribution is -2.26. The first-order chi connectivity index (χ1) is 11.0. The third kappa shape index (κ3) is 2.73. The normalized spacial score (nSPS) is 10.9. The van der Waals surface area contributed by atoms with Gasteiger partial charge in [-0.3, -0.25) is 4.79 Å². The van der Waals surface area contributed by atoms with E-state index < -0.39 is 17.1 Å². The van der Waals surface area contributed by atoms with Crippen LogP contribution in [-0.4, -0.2) is 14.9 Å². The number of benzene rings is 2. The first-order valence-electron chi connectivity index (χ1n) is 7.23. The van der Waals surface area contributed by atoms with Gasteiger partial charge >= 0.3 is 5.56 Å². The zero-order valence-corrected chi connectivity index (χ0v) is 12.9. The number of aromatic nitrogens is 1. The minimum absolute atomic E-state index is 0.177. The number of rotatable bonds is 3. The summed E-state index contributed by atoms with van der Waals surface area (Å²) in [5.41, 5.74) is 2.75. The Hall–Kier alpha value is -2.95. The van der Waals surface area contributed by atoms with E-state index in [1.807, 2.05) is 26.0 Å². The minimum Gasteiger partial charge on any atom is -0.504 e. The van der Waals surface area contributed by atoms with E-state index in [-0.39, 0.29) is 6.61 Å². The number of para-hydroxylation sites is 1. The Balaban J connectivity index is 2.05. The highest BCUT2D eigenvalue weighted by Gasteiger charge is 2.16. The van der Waals surface area contributed by atoms with Gasteiger partial charge in [0, 0.05) is 5.39 Å². The van der Waals surface area contributed by atoms with Gasteiger partial charge in [0.2, 0.25) is 5.75 Å². The summed E-state index contributed by atoms with van der Waals surface area (Å²) in [5.74, 6) is -1.15. The molecule has 0 fully saturated rings. The molecule has 0 spiro atoms. The second-order valence-electron chi connectivity index (χ2n) is 5.58. The summed E-state index contributed by atoms with van der Waals surface area (Å²) in [6, 6.07) is 12.7. The van der Waals surface area contributed by atoms with Gasteiger partial charge in [0.05, 0.1) is 5.52 Å². The van der Waals surface area contributed by atoms with Crippen LogP contribution < -0.4 is 10.4 Å². The molecule has 1 aromatic heterocycles. The van der Waals surface area contributed by atoms with E-state index in [0.29, 0.717) is 10.9 Å². The van der Waals surface area contributed by atoms with E-state index in [9.17, 15) is 15.0 Å². The zero-order valence-electron chi connectivity index (χ0n) is 12.9. The largest absolute Gasteiger partial charge is 0.504 e. The maximum atomic E-state index is 12.2. The van der Waals surface area contributed by atoms with Crippen molar-refractivity contribution >= 4 is 10.9 Å². The van der Waals surface area contributed by atoms with Crippen molar-refractivity contribution < 1.29 is 15.1 Å². The predicted octanol–water partition coefficient (Wildman–Crippen LogP) is 2.66. The number of pyridine rings is 1. The summed E-state index contributed by atoms with van der Waals surface area (Å²) in [4.78, 5) is 17.8. The fourth-order valence-corrected chi connectivity index (χ4v) is 2.70. The van der Waals surface area contributed by atoms with E-state index in [4.69, 9.17) is 4.84 Å². The van der Waals surface area contributed by atoms with Crippen LogP contribution in [0.1, 0.15) is 16.7 Å². The highest BCUT2D eigenvalue weighted by molar-refractivity contribution is 5.87. The van der Waals surface area contributed by atoms with Crippen molar-refractivity contribution in [3.8, 4) is 11.5 Å². The lowest BCUT2D eigenvalue weighted by molar-refractivity contribution is 0.0967. The molecule has 0 atom stereocenters. The van der Waals surface area contributed by atoms with Gasteiger partial charge in [-0.15, -0.1) is 4.73 Å². The molecule has 0 aliphatic rings. The van der Waals surface area contributed by atoms with Gasteiger partial charge in [0.15, 0.2) is 5.75 Å². The van der Waals surface area contributed by atoms with E-state index in [0.717, 1.165) is 21.4 Å². The second kappa shape index (κ2) is 5.68. The molecule has 0 unspecified atom stereocenters. The number of nitrogens with zero attached hydrogens (tertiary/aromatic N) is 1. The van der Waals surface area contributed by atoms with Crippen LogP contribution in [0.15, 0.2) is 47.3 Å². The summed E-state index contributed by atoms with van der Waals surface area (Å²) < 4.78 is 1.02. The number of hydrogen-bond acceptors (Lipinski definition) is 4. The van der Waals surface area contributed by atoms with Crippen molar-refractivity contribution in [2.75, 3.05) is 0 Å². The van der Waals surface area contributed by atoms with Crippen LogP contribution in [0.25, 0.3) is 10.9 Å². The Bertz CT molecular complexity index is 923. The first-order valence-corrected chi connectivity index (χ1v) is 7.23. The average Bonchev–Trinajstić information content (AvgIpc) is 2.52. The van der Waals surface area contributed by atoms with Crippen LogP contribution in [0.4, 0.5) is 0 Å². The average molecular weight is 311 g/mol. The van der Waals surface area contributed by atoms with E-state index in [1.54, 1.807) is 24.3 Å². The molecule has 0 bridgehead atoms. The maximum Gasteiger partial charge on any atom is 0.329 e. The maximum absolute atomic E-state index is 12.2. The van der Waals surface area contributed by atoms with E-state index >= 15 is 0 Å². The van der Waals surface area contributed by atoms with E-state index in [1.165, 1.54) is 0 Å². The minimum atomic E-state index is -0.787. The fraction of sp³-hybridized carbons (Fsp3) is 0.167. The van der Waals surface area contributed by atoms with Gasteiger partial charge in [-0.25, -0.2) is 0 Å². The van der Waals surface area contributed by atoms with Crippen LogP contribution in [0.2, 0.25) is 0 Å². The van der Waals surface area contributed by atoms with Crippen molar-refractivity contribution in [2.45, 2.75) is 20.5 Å². The summed E-state index contributed by atoms with van der Waals surface area (Å²) in [5, 5.41) is 20.1. The Kier molecular flexibility index (Phi) is 3.70. The molecule has 3 rings (SSSR count). The van der Waals surface area contributed by atoms with Crippen molar-refractivity contribution in [1.29, 1.82) is 0 Å². The topological polar surface area (TPSA) is 71.7 Å². The van der Waals surface area contributed by atoms with Gasteiger partial charge in [-0.05, 0) is 31.5 Å². The summed E-state index contributed by atoms with van der Waals surface area (Å²) in [7, 11) is 0. The number of aryl methyl sites for hydroxylation is 2. The van der Waals surface area contributed by atoms with E-state index in [2.05, 4.69) is 6.07 Å². The number of aromatic hydroxyl groups is 2. The summed E-state index contributed by atoms with van der Waals surface area (Å²) >= 11 is 0. The van der Waals surface area contributed by atoms with Crippen LogP contribution >= 0.6 is 0 Å². The number of fused-ring (bicyclic) bond motifs is 1. The monoisotopic (exact) mass is 311 g/mol. The third-order valence-electron chi connectivity index (χ3n) is 3.63. The van der Waals surface area contributed by atoms with Crippen LogP contribution in [0, 0.1) is 13.8 Å². The molecule has 0 amide bonds. The number of hydrogen-bond donors (Lipinski definition) is 2. The first kappa shape index (κ1) is 15.0. The van der Waals surface area contributed by atoms with Crippen molar-refractivity contribution in [3.63, 3.8) is 0 Å². The smallest absolute Gasteiger partial charge is 0.329 e. The fourth-order valence-electron chi connectivity index (χ4n) is 2.70. The quantitative estimate of drug-likeness (QED) is 0.780. The molecule has 5 nitrogen and oxygen atoms in total. The molecule has 5 heteroatoms. The van der Waals surface area contributed by atoms with Gasteiger partial charge < -0.3 is 15.1 Å². The molecule has 0 radical (unpaired) electrons. The molecule has 0 saturated heterocycles. The molecule has 1 heterocycles. The summed E-state index contributed by atoms with van der Waals surface area (Å²) in [6.07, 6.45) is 0. The molecule has 0 saturated carbocycles. The van der Waals surface area contributed by atoms with Gasteiger partial charge in [-0.2, -0.15) is 0 Å². The van der Waals surface area contributed by atoms with Crippen LogP contribution in [0.5, 0.6) is 11.5 Å². The summed E-state index contributed by atoms with van der Waals surface area (Å²) in [6.45, 7) is 4.16. The Morgan fingerprint density at radius 2 is 1.65 bits per heavy atom. The van der Waals surface area contributed by atoms with Gasteiger partial charge in [-0.1, -0.05) is 41.5 Å². The molecule has 2 N–H and O–H groups in total. The predicted molar refractivity (Wildman–Crippen MR) is 87.7 cm³/mol. The third-order valence-corrected chi connectivity index (χ3v) is 3.63. The SMILES string of the molecule is Cc1cc(C)cc(COn2c(=O)c(O)c(O)c3ccccc32)c1. The van der Waals surface area contributed by atoms with Crippen molar-refractivity contribution in [1.82, 2.24) is 4.73 Å². The Morgan fingerprint density at radius 3 is 2.35 bits per heavy atom. The van der Waals surface area contributed by atoms with Crippen LogP contribution in [0.3, 0.4) is 0 Å². The molecule has 23 heavy (non-hydrogen) atoms. The molecule has 118 valence electrons. The molecular weight excluding hydrogens is 294 g/mol. The highest BCUT2D eigenvalue weighted by atomic mass is 16.7. The van der Waals surface area contributed by atoms with Crippen molar-refractivity contribution in [3.05, 3.63) is 69.5 Å². The Labute approximate surface area is 133 Å². The van der Waals surface area contributed by atoms with Gasteiger partial charge in [0.1, 0.15) is 6.61 Å². The molecule has 3 aromatic rings. The lowest BCUT2D eigenvalue weighted by atomic mass is 10.1. The van der Waals surface area contributed by atoms with Gasteiger partial charge in [0.25, 0.3) is 0 Å².